The van der Waals surface area contributed by atoms with Gasteiger partial charge >= 0.3 is 0 Å². The fourth-order valence-electron chi connectivity index (χ4n) is 8.57. The van der Waals surface area contributed by atoms with Crippen molar-refractivity contribution in [2.24, 2.45) is 0 Å². The molecule has 12 rings (SSSR count). The van der Waals surface area contributed by atoms with Crippen LogP contribution in [0.4, 0.5) is 0 Å². The van der Waals surface area contributed by atoms with E-state index in [2.05, 4.69) is 156 Å². The average Bonchev–Trinajstić information content (AvgIpc) is 3.96. The highest BCUT2D eigenvalue weighted by molar-refractivity contribution is 7.26. The molecular formula is C51H30N4OS. The minimum Gasteiger partial charge on any atom is -0.456 e. The minimum absolute atomic E-state index is 0.585. The molecule has 0 N–H and O–H groups in total. The van der Waals surface area contributed by atoms with Gasteiger partial charge in [-0.25, -0.2) is 15.0 Å². The van der Waals surface area contributed by atoms with Crippen LogP contribution in [0.2, 0.25) is 0 Å². The molecule has 0 unspecified atom stereocenters. The molecule has 0 saturated heterocycles. The van der Waals surface area contributed by atoms with Crippen LogP contribution in [0, 0.1) is 0 Å². The van der Waals surface area contributed by atoms with Crippen LogP contribution in [0.1, 0.15) is 0 Å². The van der Waals surface area contributed by atoms with E-state index in [4.69, 9.17) is 19.4 Å². The molecule has 4 aromatic heterocycles. The summed E-state index contributed by atoms with van der Waals surface area (Å²) in [4.78, 5) is 15.8. The number of para-hydroxylation sites is 2. The van der Waals surface area contributed by atoms with Crippen molar-refractivity contribution < 1.29 is 4.42 Å². The van der Waals surface area contributed by atoms with Crippen molar-refractivity contribution in [3.05, 3.63) is 182 Å². The summed E-state index contributed by atoms with van der Waals surface area (Å²) in [7, 11) is 0. The summed E-state index contributed by atoms with van der Waals surface area (Å²) in [5.74, 6) is 1.81. The molecule has 0 amide bonds. The van der Waals surface area contributed by atoms with Gasteiger partial charge in [0.2, 0.25) is 0 Å². The number of hydrogen-bond donors (Lipinski definition) is 0. The van der Waals surface area contributed by atoms with Crippen molar-refractivity contribution in [1.29, 1.82) is 0 Å². The van der Waals surface area contributed by atoms with Gasteiger partial charge in [-0.2, -0.15) is 0 Å². The quantitative estimate of drug-likeness (QED) is 0.176. The molecule has 0 aliphatic rings. The number of fused-ring (bicyclic) bond motifs is 9. The Hall–Kier alpha value is -7.41. The van der Waals surface area contributed by atoms with Gasteiger partial charge in [0.15, 0.2) is 17.5 Å². The summed E-state index contributed by atoms with van der Waals surface area (Å²) < 4.78 is 11.5. The van der Waals surface area contributed by atoms with Crippen LogP contribution in [0.25, 0.3) is 115 Å². The SMILES string of the molecule is c1ccc(-c2nc(-c3cc(-c4ccccc4)c4c(c3)sc3ccccc34)nc(-c3cccc4oc5cccc(-n6c7ccccc7c7ccccc76)c5c34)n2)cc1. The highest BCUT2D eigenvalue weighted by Gasteiger charge is 2.23. The Labute approximate surface area is 330 Å². The van der Waals surface area contributed by atoms with Gasteiger partial charge in [0.1, 0.15) is 11.2 Å². The molecule has 57 heavy (non-hydrogen) atoms. The Morgan fingerprint density at radius 3 is 1.70 bits per heavy atom. The van der Waals surface area contributed by atoms with E-state index in [-0.39, 0.29) is 0 Å². The van der Waals surface area contributed by atoms with E-state index in [1.807, 2.05) is 30.3 Å². The third kappa shape index (κ3) is 4.98. The van der Waals surface area contributed by atoms with Crippen molar-refractivity contribution in [1.82, 2.24) is 19.5 Å². The van der Waals surface area contributed by atoms with Crippen LogP contribution >= 0.6 is 11.3 Å². The molecule has 266 valence electrons. The summed E-state index contributed by atoms with van der Waals surface area (Å²) in [6.45, 7) is 0. The molecule has 0 aliphatic carbocycles. The summed E-state index contributed by atoms with van der Waals surface area (Å²) in [6, 6.07) is 63.6. The van der Waals surface area contributed by atoms with Crippen LogP contribution < -0.4 is 0 Å². The molecule has 0 spiro atoms. The first kappa shape index (κ1) is 31.9. The number of hydrogen-bond acceptors (Lipinski definition) is 5. The first-order valence-electron chi connectivity index (χ1n) is 19.0. The van der Waals surface area contributed by atoms with E-state index in [0.29, 0.717) is 17.5 Å². The van der Waals surface area contributed by atoms with Gasteiger partial charge in [-0.3, -0.25) is 0 Å². The van der Waals surface area contributed by atoms with Gasteiger partial charge in [-0.05, 0) is 59.7 Å². The molecule has 0 radical (unpaired) electrons. The average molecular weight is 747 g/mol. The van der Waals surface area contributed by atoms with E-state index >= 15 is 0 Å². The minimum atomic E-state index is 0.585. The van der Waals surface area contributed by atoms with Crippen molar-refractivity contribution in [2.45, 2.75) is 0 Å². The first-order chi connectivity index (χ1) is 28.3. The maximum Gasteiger partial charge on any atom is 0.164 e. The number of furan rings is 1. The Bertz CT molecular complexity index is 3470. The summed E-state index contributed by atoms with van der Waals surface area (Å²) in [5.41, 5.74) is 9.93. The largest absolute Gasteiger partial charge is 0.456 e. The smallest absolute Gasteiger partial charge is 0.164 e. The molecule has 0 saturated carbocycles. The lowest BCUT2D eigenvalue weighted by molar-refractivity contribution is 0.669. The standard InChI is InChI=1S/C51H30N4OS/c1-3-15-31(16-4-1)38-29-33(30-45-46(38)36-21-9-12-28-44(36)57-45)50-52-49(32-17-5-2-6-18-32)53-51(54-50)37-22-13-26-42-47(37)48-41(25-14-27-43(48)56-42)55-39-23-10-7-19-34(39)35-20-8-11-24-40(35)55/h1-30H. The third-order valence-electron chi connectivity index (χ3n) is 11.1. The van der Waals surface area contributed by atoms with Crippen LogP contribution in [0.3, 0.4) is 0 Å². The predicted octanol–water partition coefficient (Wildman–Crippen LogP) is 13.9. The number of rotatable bonds is 5. The Balaban J connectivity index is 1.15. The number of thiophene rings is 1. The molecule has 6 heteroatoms. The van der Waals surface area contributed by atoms with Gasteiger partial charge in [0, 0.05) is 53.0 Å². The van der Waals surface area contributed by atoms with Crippen molar-refractivity contribution in [3.8, 4) is 51.0 Å². The second kappa shape index (κ2) is 12.6. The second-order valence-corrected chi connectivity index (χ2v) is 15.4. The lowest BCUT2D eigenvalue weighted by Gasteiger charge is -2.12. The zero-order chi connectivity index (χ0) is 37.5. The van der Waals surface area contributed by atoms with Crippen molar-refractivity contribution in [2.75, 3.05) is 0 Å². The summed E-state index contributed by atoms with van der Waals surface area (Å²) in [6.07, 6.45) is 0. The number of aromatic nitrogens is 4. The van der Waals surface area contributed by atoms with Crippen LogP contribution in [0.5, 0.6) is 0 Å². The number of benzene rings is 8. The third-order valence-corrected chi connectivity index (χ3v) is 12.2. The van der Waals surface area contributed by atoms with Gasteiger partial charge in [0.05, 0.1) is 22.1 Å². The van der Waals surface area contributed by atoms with Crippen molar-refractivity contribution >= 4 is 75.3 Å². The zero-order valence-electron chi connectivity index (χ0n) is 30.4. The molecular weight excluding hydrogens is 717 g/mol. The van der Waals surface area contributed by atoms with Gasteiger partial charge in [-0.1, -0.05) is 133 Å². The Morgan fingerprint density at radius 1 is 0.386 bits per heavy atom. The van der Waals surface area contributed by atoms with E-state index < -0.39 is 0 Å². The van der Waals surface area contributed by atoms with E-state index in [0.717, 1.165) is 66.5 Å². The first-order valence-corrected chi connectivity index (χ1v) is 19.8. The van der Waals surface area contributed by atoms with Gasteiger partial charge < -0.3 is 8.98 Å². The Morgan fingerprint density at radius 2 is 0.965 bits per heavy atom. The van der Waals surface area contributed by atoms with E-state index in [1.165, 1.54) is 30.9 Å². The van der Waals surface area contributed by atoms with Gasteiger partial charge in [-0.15, -0.1) is 11.3 Å². The van der Waals surface area contributed by atoms with E-state index in [1.54, 1.807) is 11.3 Å². The molecule has 4 heterocycles. The molecule has 0 fully saturated rings. The fourth-order valence-corrected chi connectivity index (χ4v) is 9.75. The van der Waals surface area contributed by atoms with Crippen LogP contribution in [-0.2, 0) is 0 Å². The molecule has 12 aromatic rings. The molecule has 0 atom stereocenters. The van der Waals surface area contributed by atoms with Crippen LogP contribution in [0.15, 0.2) is 186 Å². The fraction of sp³-hybridized carbons (Fsp3) is 0. The molecule has 8 aromatic carbocycles. The zero-order valence-corrected chi connectivity index (χ0v) is 31.2. The van der Waals surface area contributed by atoms with Crippen molar-refractivity contribution in [3.63, 3.8) is 0 Å². The highest BCUT2D eigenvalue weighted by Crippen LogP contribution is 2.44. The van der Waals surface area contributed by atoms with Crippen LogP contribution in [-0.4, -0.2) is 19.5 Å². The predicted molar refractivity (Wildman–Crippen MR) is 236 cm³/mol. The lowest BCUT2D eigenvalue weighted by atomic mass is 9.97. The monoisotopic (exact) mass is 746 g/mol. The topological polar surface area (TPSA) is 56.7 Å². The molecule has 0 bridgehead atoms. The number of nitrogens with zero attached hydrogens (tertiary/aromatic N) is 4. The lowest BCUT2D eigenvalue weighted by Crippen LogP contribution is -2.01. The normalized spacial score (nSPS) is 11.9. The summed E-state index contributed by atoms with van der Waals surface area (Å²) in [5, 5.41) is 6.88. The molecule has 5 nitrogen and oxygen atoms in total. The molecule has 0 aliphatic heterocycles. The highest BCUT2D eigenvalue weighted by atomic mass is 32.1. The van der Waals surface area contributed by atoms with Gasteiger partial charge in [0.25, 0.3) is 0 Å². The Kier molecular flexibility index (Phi) is 7.03. The van der Waals surface area contributed by atoms with E-state index in [9.17, 15) is 0 Å². The maximum absolute atomic E-state index is 6.67. The summed E-state index contributed by atoms with van der Waals surface area (Å²) >= 11 is 1.80. The second-order valence-electron chi connectivity index (χ2n) is 14.3. The maximum atomic E-state index is 6.67.